The Morgan fingerprint density at radius 2 is 2.40 bits per heavy atom. The van der Waals surface area contributed by atoms with Gasteiger partial charge in [-0.15, -0.1) is 0 Å². The summed E-state index contributed by atoms with van der Waals surface area (Å²) >= 11 is 0. The molecule has 0 unspecified atom stereocenters. The Morgan fingerprint density at radius 3 is 2.80 bits per heavy atom. The molecule has 2 N–H and O–H groups in total. The van der Waals surface area contributed by atoms with Crippen molar-refractivity contribution in [3.63, 3.8) is 0 Å². The van der Waals surface area contributed by atoms with E-state index in [1.165, 1.54) is 4.80 Å². The predicted octanol–water partition coefficient (Wildman–Crippen LogP) is -3.65. The molecule has 0 radical (unpaired) electrons. The summed E-state index contributed by atoms with van der Waals surface area (Å²) in [4.78, 5) is 1.43. The van der Waals surface area contributed by atoms with Crippen LogP contribution in [0, 0.1) is 0 Å². The number of aryl methyl sites for hydroxylation is 1. The number of aromatic nitrogens is 3. The van der Waals surface area contributed by atoms with Gasteiger partial charge in [-0.1, -0.05) is 6.92 Å². The van der Waals surface area contributed by atoms with Crippen LogP contribution in [0.5, 0.6) is 0 Å². The number of rotatable bonds is 2. The van der Waals surface area contributed by atoms with Gasteiger partial charge in [0.25, 0.3) is 0 Å². The molecule has 0 aromatic carbocycles. The molecule has 0 spiro atoms. The minimum Gasteiger partial charge on any atom is -1.00 e. The molecule has 0 amide bonds. The topological polar surface area (TPSA) is 68.8 Å². The molecule has 0 bridgehead atoms. The number of nitrogens with two attached hydrogens (primary N) is 1. The number of anilines is 1. The first-order valence-electron chi connectivity index (χ1n) is 2.82. The van der Waals surface area contributed by atoms with E-state index in [4.69, 9.17) is 5.73 Å². The van der Waals surface area contributed by atoms with E-state index < -0.39 is 0 Å². The highest BCUT2D eigenvalue weighted by Gasteiger charge is 2.07. The van der Waals surface area contributed by atoms with Crippen LogP contribution >= 0.6 is 0 Å². The molecule has 0 fully saturated rings. The molecule has 1 rings (SSSR count). The van der Waals surface area contributed by atoms with Gasteiger partial charge in [0.05, 0.1) is 9.90 Å². The Balaban J connectivity index is 0.000000810. The highest BCUT2D eigenvalue weighted by molar-refractivity contribution is 4.98. The molecule has 1 aromatic rings. The molecule has 10 heavy (non-hydrogen) atoms. The Bertz CT molecular complexity index is 189. The largest absolute Gasteiger partial charge is 1.00 e. The lowest BCUT2D eigenvalue weighted by atomic mass is 10.5. The van der Waals surface area contributed by atoms with Crippen molar-refractivity contribution in [1.29, 1.82) is 0 Å². The van der Waals surface area contributed by atoms with Gasteiger partial charge in [-0.3, -0.25) is 4.52 Å². The van der Waals surface area contributed by atoms with Gasteiger partial charge in [0.2, 0.25) is 11.8 Å². The molecule has 0 aliphatic carbocycles. The van der Waals surface area contributed by atoms with E-state index in [1.54, 1.807) is 0 Å². The zero-order valence-electron chi connectivity index (χ0n) is 5.62. The van der Waals surface area contributed by atoms with Gasteiger partial charge in [0, 0.05) is 6.42 Å². The zero-order valence-corrected chi connectivity index (χ0v) is 6.38. The molecule has 58 valence electrons. The summed E-state index contributed by atoms with van der Waals surface area (Å²) < 4.78 is 4.50. The van der Waals surface area contributed by atoms with Crippen LogP contribution in [0.1, 0.15) is 13.3 Å². The normalized spacial score (nSPS) is 8.90. The second kappa shape index (κ2) is 4.05. The molecule has 1 aromatic heterocycles. The van der Waals surface area contributed by atoms with Gasteiger partial charge < -0.3 is 18.1 Å². The van der Waals surface area contributed by atoms with Crippen molar-refractivity contribution in [2.75, 3.05) is 5.73 Å². The van der Waals surface area contributed by atoms with Gasteiger partial charge in [-0.2, -0.15) is 0 Å². The smallest absolute Gasteiger partial charge is 0.386 e. The maximum Gasteiger partial charge on any atom is 0.386 e. The Morgan fingerprint density at radius 1 is 1.70 bits per heavy atom. The van der Waals surface area contributed by atoms with Gasteiger partial charge in [0.1, 0.15) is 0 Å². The molecule has 0 aliphatic rings. The van der Waals surface area contributed by atoms with Crippen molar-refractivity contribution in [1.82, 2.24) is 10.4 Å². The van der Waals surface area contributed by atoms with E-state index in [-0.39, 0.29) is 18.4 Å². The van der Waals surface area contributed by atoms with Crippen molar-refractivity contribution < 1.29 is 21.7 Å². The lowest BCUT2D eigenvalue weighted by molar-refractivity contribution is -0.811. The summed E-state index contributed by atoms with van der Waals surface area (Å²) in [7, 11) is 0. The summed E-state index contributed by atoms with van der Waals surface area (Å²) in [5, 5.41) is 7.23. The second-order valence-electron chi connectivity index (χ2n) is 1.71. The molecule has 6 heteroatoms. The van der Waals surface area contributed by atoms with Crippen molar-refractivity contribution in [3.05, 3.63) is 0 Å². The molecule has 0 saturated carbocycles. The molecule has 0 saturated heterocycles. The summed E-state index contributed by atoms with van der Waals surface area (Å²) in [5.41, 5.74) is 5.15. The zero-order chi connectivity index (χ0) is 6.69. The monoisotopic (exact) mass is 164 g/mol. The minimum absolute atomic E-state index is 0. The second-order valence-corrected chi connectivity index (χ2v) is 1.71. The van der Waals surface area contributed by atoms with Crippen LogP contribution < -0.4 is 22.9 Å². The average Bonchev–Trinajstić information content (AvgIpc) is 2.17. The fourth-order valence-corrected chi connectivity index (χ4v) is 0.530. The summed E-state index contributed by atoms with van der Waals surface area (Å²) in [5.74, 6) is 0. The van der Waals surface area contributed by atoms with Crippen LogP contribution in [0.25, 0.3) is 0 Å². The van der Waals surface area contributed by atoms with Crippen LogP contribution in [-0.2, 0) is 6.54 Å². The summed E-state index contributed by atoms with van der Waals surface area (Å²) in [6.07, 6.45) is 0.976. The third-order valence-electron chi connectivity index (χ3n) is 0.866. The third-order valence-corrected chi connectivity index (χ3v) is 0.866. The van der Waals surface area contributed by atoms with E-state index in [0.717, 1.165) is 13.0 Å². The Kier molecular flexibility index (Phi) is 3.71. The molecule has 0 atom stereocenters. The maximum atomic E-state index is 5.15. The average molecular weight is 165 g/mol. The first-order valence-corrected chi connectivity index (χ1v) is 2.82. The maximum absolute atomic E-state index is 5.15. The van der Waals surface area contributed by atoms with Crippen LogP contribution in [0.4, 0.5) is 6.01 Å². The Hall–Kier alpha value is -0.840. The highest BCUT2D eigenvalue weighted by Crippen LogP contribution is 1.83. The van der Waals surface area contributed by atoms with Gasteiger partial charge >= 0.3 is 6.01 Å². The first kappa shape index (κ1) is 9.16. The summed E-state index contributed by atoms with van der Waals surface area (Å²) in [6.45, 7) is 2.78. The number of hydrogen-bond acceptors (Lipinski definition) is 4. The van der Waals surface area contributed by atoms with Crippen molar-refractivity contribution >= 4 is 6.01 Å². The van der Waals surface area contributed by atoms with E-state index in [9.17, 15) is 0 Å². The molecular formula is C4H9ClN4O. The molecule has 0 aliphatic heterocycles. The van der Waals surface area contributed by atoms with Gasteiger partial charge in [0.15, 0.2) is 0 Å². The van der Waals surface area contributed by atoms with Crippen molar-refractivity contribution in [2.45, 2.75) is 19.9 Å². The molecule has 5 nitrogen and oxygen atoms in total. The van der Waals surface area contributed by atoms with E-state index >= 15 is 0 Å². The Labute approximate surface area is 64.6 Å². The van der Waals surface area contributed by atoms with E-state index in [0.29, 0.717) is 0 Å². The predicted molar refractivity (Wildman–Crippen MR) is 29.2 cm³/mol. The van der Waals surface area contributed by atoms with E-state index in [1.807, 2.05) is 6.92 Å². The lowest BCUT2D eigenvalue weighted by Crippen LogP contribution is -3.00. The standard InChI is InChI=1S/C4H9N4O.ClH/c1-2-3-8-6-4(5)9-7-8;/h2-3H2,1H3,(H2,5,6,7);1H/q+1;/p-1. The fourth-order valence-electron chi connectivity index (χ4n) is 0.530. The van der Waals surface area contributed by atoms with Crippen LogP contribution in [0.3, 0.4) is 0 Å². The van der Waals surface area contributed by atoms with Crippen LogP contribution in [0.2, 0.25) is 0 Å². The lowest BCUT2D eigenvalue weighted by Gasteiger charge is -1.73. The van der Waals surface area contributed by atoms with Crippen LogP contribution in [0.15, 0.2) is 4.52 Å². The SMILES string of the molecule is CCC[n+]1noc(N)n1.[Cl-]. The van der Waals surface area contributed by atoms with Crippen LogP contribution in [-0.4, -0.2) is 10.4 Å². The number of halogens is 1. The molecular weight excluding hydrogens is 156 g/mol. The van der Waals surface area contributed by atoms with E-state index in [2.05, 4.69) is 14.9 Å². The molecule has 1 heterocycles. The van der Waals surface area contributed by atoms with Gasteiger partial charge in [-0.25, -0.2) is 0 Å². The van der Waals surface area contributed by atoms with Gasteiger partial charge in [-0.05, 0) is 0 Å². The minimum atomic E-state index is 0. The number of nitrogen functional groups attached to an aromatic ring is 1. The number of nitrogens with zero attached hydrogens (tertiary/aromatic N) is 3. The first-order chi connectivity index (χ1) is 4.33. The quantitative estimate of drug-likeness (QED) is 0.458. The third kappa shape index (κ3) is 2.18. The summed E-state index contributed by atoms with van der Waals surface area (Å²) in [6, 6.07) is 0.114. The number of hydrogen-bond donors (Lipinski definition) is 1. The highest BCUT2D eigenvalue weighted by atomic mass is 35.5. The fraction of sp³-hybridized carbons (Fsp3) is 0.750. The van der Waals surface area contributed by atoms with Crippen molar-refractivity contribution in [3.8, 4) is 0 Å². The van der Waals surface area contributed by atoms with Crippen molar-refractivity contribution in [2.24, 2.45) is 0 Å².